The molecule has 61 heavy (non-hydrogen) atoms. The Bertz CT molecular complexity index is 1090. The first-order valence-electron chi connectivity index (χ1n) is 25.1. The molecule has 1 aliphatic rings. The highest BCUT2D eigenvalue weighted by Gasteiger charge is 2.44. The fourth-order valence-electron chi connectivity index (χ4n) is 7.50. The summed E-state index contributed by atoms with van der Waals surface area (Å²) in [4.78, 5) is 25.4. The van der Waals surface area contributed by atoms with Gasteiger partial charge < -0.3 is 39.4 Å². The summed E-state index contributed by atoms with van der Waals surface area (Å²) < 4.78 is 22.1. The quantitative estimate of drug-likeness (QED) is 0.0265. The van der Waals surface area contributed by atoms with Crippen LogP contribution in [0.1, 0.15) is 219 Å². The van der Waals surface area contributed by atoms with E-state index in [0.29, 0.717) is 12.8 Å². The maximum atomic E-state index is 12.8. The van der Waals surface area contributed by atoms with Crippen LogP contribution in [0.15, 0.2) is 36.5 Å². The number of aliphatic hydroxyl groups is 4. The number of carbonyl (C=O) groups is 2. The Morgan fingerprint density at radius 2 is 0.902 bits per heavy atom. The average Bonchev–Trinajstić information content (AvgIpc) is 3.26. The standard InChI is InChI=1S/C51H92O10/c1-3-5-7-9-11-13-15-17-18-19-20-21-22-23-24-25-26-28-30-32-34-36-38-40-47(54)60-44(43-59-51-50(57)49(56)48(55)45(41-52)61-51)42-58-46(53)39-37-35-33-31-29-27-16-14-12-10-8-6-4-2/h14,16,25-26,32,34,44-45,48-52,55-57H,3-13,15,17-24,27-31,33,35-43H2,1-2H3/b16-14+,26-25+,34-32+/t44-,45-,48+,49?,50?,51-/m1/s1. The van der Waals surface area contributed by atoms with Crippen molar-refractivity contribution in [3.05, 3.63) is 36.5 Å². The van der Waals surface area contributed by atoms with Crippen LogP contribution in [0.5, 0.6) is 0 Å². The third-order valence-electron chi connectivity index (χ3n) is 11.5. The first-order valence-corrected chi connectivity index (χ1v) is 25.1. The van der Waals surface area contributed by atoms with Crippen LogP contribution >= 0.6 is 0 Å². The zero-order valence-corrected chi connectivity index (χ0v) is 38.9. The smallest absolute Gasteiger partial charge is 0.306 e. The van der Waals surface area contributed by atoms with E-state index in [1.165, 1.54) is 116 Å². The van der Waals surface area contributed by atoms with Crippen molar-refractivity contribution in [2.24, 2.45) is 0 Å². The van der Waals surface area contributed by atoms with Crippen LogP contribution in [0.25, 0.3) is 0 Å². The van der Waals surface area contributed by atoms with Gasteiger partial charge in [-0.05, 0) is 70.6 Å². The number of aliphatic hydroxyl groups excluding tert-OH is 4. The minimum Gasteiger partial charge on any atom is -0.462 e. The Morgan fingerprint density at radius 1 is 0.492 bits per heavy atom. The summed E-state index contributed by atoms with van der Waals surface area (Å²) in [5.41, 5.74) is 0. The lowest BCUT2D eigenvalue weighted by Crippen LogP contribution is -2.59. The van der Waals surface area contributed by atoms with E-state index >= 15 is 0 Å². The van der Waals surface area contributed by atoms with Crippen LogP contribution in [0.2, 0.25) is 0 Å². The molecule has 1 fully saturated rings. The first-order chi connectivity index (χ1) is 29.8. The fourth-order valence-corrected chi connectivity index (χ4v) is 7.50. The maximum Gasteiger partial charge on any atom is 0.306 e. The number of allylic oxidation sites excluding steroid dienone is 6. The number of esters is 2. The molecule has 0 bridgehead atoms. The van der Waals surface area contributed by atoms with Crippen molar-refractivity contribution in [1.29, 1.82) is 0 Å². The van der Waals surface area contributed by atoms with Gasteiger partial charge in [-0.25, -0.2) is 0 Å². The topological polar surface area (TPSA) is 152 Å². The van der Waals surface area contributed by atoms with Crippen LogP contribution in [-0.4, -0.2) is 89.0 Å². The Balaban J connectivity index is 2.28. The highest BCUT2D eigenvalue weighted by molar-refractivity contribution is 5.70. The number of hydrogen-bond acceptors (Lipinski definition) is 10. The third kappa shape index (κ3) is 33.1. The van der Waals surface area contributed by atoms with E-state index in [9.17, 15) is 30.0 Å². The minimum absolute atomic E-state index is 0.169. The fraction of sp³-hybridized carbons (Fsp3) is 0.843. The predicted molar refractivity (Wildman–Crippen MR) is 247 cm³/mol. The van der Waals surface area contributed by atoms with Gasteiger partial charge in [0.1, 0.15) is 31.0 Å². The monoisotopic (exact) mass is 865 g/mol. The van der Waals surface area contributed by atoms with Crippen LogP contribution in [0.4, 0.5) is 0 Å². The summed E-state index contributed by atoms with van der Waals surface area (Å²) in [7, 11) is 0. The molecule has 356 valence electrons. The Labute approximate surface area is 372 Å². The molecule has 10 heteroatoms. The van der Waals surface area contributed by atoms with E-state index in [1.807, 2.05) is 0 Å². The zero-order valence-electron chi connectivity index (χ0n) is 38.9. The molecular weight excluding hydrogens is 773 g/mol. The van der Waals surface area contributed by atoms with E-state index in [2.05, 4.69) is 50.3 Å². The summed E-state index contributed by atoms with van der Waals surface area (Å²) in [6.45, 7) is 3.38. The molecule has 0 spiro atoms. The van der Waals surface area contributed by atoms with Crippen molar-refractivity contribution >= 4 is 11.9 Å². The first kappa shape index (κ1) is 56.9. The Morgan fingerprint density at radius 3 is 1.39 bits per heavy atom. The van der Waals surface area contributed by atoms with Gasteiger partial charge in [-0.3, -0.25) is 9.59 Å². The molecular formula is C51H92O10. The molecule has 0 amide bonds. The molecule has 1 saturated heterocycles. The van der Waals surface area contributed by atoms with Crippen LogP contribution in [0.3, 0.4) is 0 Å². The molecule has 10 nitrogen and oxygen atoms in total. The molecule has 4 N–H and O–H groups in total. The van der Waals surface area contributed by atoms with Crippen molar-refractivity contribution in [1.82, 2.24) is 0 Å². The summed E-state index contributed by atoms with van der Waals surface area (Å²) >= 11 is 0. The number of rotatable bonds is 42. The highest BCUT2D eigenvalue weighted by Crippen LogP contribution is 2.23. The predicted octanol–water partition coefficient (Wildman–Crippen LogP) is 11.4. The van der Waals surface area contributed by atoms with E-state index in [1.54, 1.807) is 0 Å². The molecule has 0 aliphatic carbocycles. The number of carbonyl (C=O) groups excluding carboxylic acids is 2. The number of unbranched alkanes of at least 4 members (excludes halogenated alkanes) is 25. The van der Waals surface area contributed by atoms with Crippen molar-refractivity contribution in [3.63, 3.8) is 0 Å². The SMILES string of the molecule is CCCCCC/C=C/CCCCCCCC(=O)OC[C@H](CO[C@@H]1O[C@H](CO)[C@H](O)C(O)C1O)OC(=O)CCC/C=C/CC/C=C/CCCCCCCCCCCCCCCC. The zero-order chi connectivity index (χ0) is 44.4. The third-order valence-corrected chi connectivity index (χ3v) is 11.5. The van der Waals surface area contributed by atoms with Gasteiger partial charge >= 0.3 is 11.9 Å². The van der Waals surface area contributed by atoms with E-state index in [-0.39, 0.29) is 26.1 Å². The van der Waals surface area contributed by atoms with Gasteiger partial charge in [0.15, 0.2) is 12.4 Å². The lowest BCUT2D eigenvalue weighted by atomic mass is 9.99. The lowest BCUT2D eigenvalue weighted by Gasteiger charge is -2.39. The Kier molecular flexibility index (Phi) is 39.1. The maximum absolute atomic E-state index is 12.8. The molecule has 0 saturated carbocycles. The molecule has 6 atom stereocenters. The molecule has 0 aromatic carbocycles. The molecule has 0 aromatic heterocycles. The van der Waals surface area contributed by atoms with Crippen LogP contribution < -0.4 is 0 Å². The molecule has 1 heterocycles. The van der Waals surface area contributed by atoms with E-state index in [0.717, 1.165) is 64.2 Å². The van der Waals surface area contributed by atoms with Crippen molar-refractivity contribution in [2.45, 2.75) is 256 Å². The van der Waals surface area contributed by atoms with Gasteiger partial charge in [-0.15, -0.1) is 0 Å². The molecule has 1 rings (SSSR count). The van der Waals surface area contributed by atoms with Crippen molar-refractivity contribution in [3.8, 4) is 0 Å². The second kappa shape index (κ2) is 41.9. The summed E-state index contributed by atoms with van der Waals surface area (Å²) in [6.07, 6.45) is 41.7. The van der Waals surface area contributed by atoms with Crippen molar-refractivity contribution in [2.75, 3.05) is 19.8 Å². The lowest BCUT2D eigenvalue weighted by molar-refractivity contribution is -0.305. The molecule has 2 unspecified atom stereocenters. The largest absolute Gasteiger partial charge is 0.462 e. The van der Waals surface area contributed by atoms with Crippen LogP contribution in [-0.2, 0) is 28.5 Å². The van der Waals surface area contributed by atoms with Gasteiger partial charge in [0.2, 0.25) is 0 Å². The van der Waals surface area contributed by atoms with E-state index < -0.39 is 55.4 Å². The normalized spacial score (nSPS) is 20.0. The van der Waals surface area contributed by atoms with Crippen molar-refractivity contribution < 1.29 is 49.0 Å². The highest BCUT2D eigenvalue weighted by atomic mass is 16.7. The Hall–Kier alpha value is -2.08. The number of hydrogen-bond donors (Lipinski definition) is 4. The summed E-state index contributed by atoms with van der Waals surface area (Å²) in [5.74, 6) is -0.862. The van der Waals surface area contributed by atoms with Gasteiger partial charge in [0, 0.05) is 12.8 Å². The summed E-state index contributed by atoms with van der Waals surface area (Å²) in [5, 5.41) is 40.1. The van der Waals surface area contributed by atoms with Gasteiger partial charge in [-0.2, -0.15) is 0 Å². The molecule has 1 aliphatic heterocycles. The average molecular weight is 865 g/mol. The molecule has 0 aromatic rings. The van der Waals surface area contributed by atoms with Crippen LogP contribution in [0, 0.1) is 0 Å². The van der Waals surface area contributed by atoms with E-state index in [4.69, 9.17) is 18.9 Å². The number of ether oxygens (including phenoxy) is 4. The van der Waals surface area contributed by atoms with Gasteiger partial charge in [0.05, 0.1) is 13.2 Å². The second-order valence-electron chi connectivity index (χ2n) is 17.2. The second-order valence-corrected chi connectivity index (χ2v) is 17.2. The van der Waals surface area contributed by atoms with Gasteiger partial charge in [-0.1, -0.05) is 172 Å². The summed E-state index contributed by atoms with van der Waals surface area (Å²) in [6, 6.07) is 0. The van der Waals surface area contributed by atoms with Gasteiger partial charge in [0.25, 0.3) is 0 Å². The molecule has 0 radical (unpaired) electrons. The minimum atomic E-state index is -1.60.